The molecule has 0 N–H and O–H groups in total. The number of ether oxygens (including phenoxy) is 2. The van der Waals surface area contributed by atoms with E-state index in [1.165, 1.54) is 0 Å². The van der Waals surface area contributed by atoms with Crippen molar-refractivity contribution in [1.82, 2.24) is 9.88 Å². The minimum atomic E-state index is 0.0314. The van der Waals surface area contributed by atoms with Crippen LogP contribution in [0.25, 0.3) is 6.08 Å². The van der Waals surface area contributed by atoms with Crippen molar-refractivity contribution in [2.24, 2.45) is 0 Å². The summed E-state index contributed by atoms with van der Waals surface area (Å²) in [6.07, 6.45) is 3.50. The highest BCUT2D eigenvalue weighted by molar-refractivity contribution is 7.09. The Bertz CT molecular complexity index is 1070. The van der Waals surface area contributed by atoms with Gasteiger partial charge in [0.15, 0.2) is 0 Å². The van der Waals surface area contributed by atoms with Gasteiger partial charge in [0.1, 0.15) is 18.1 Å². The topological polar surface area (TPSA) is 54.9 Å². The van der Waals surface area contributed by atoms with Gasteiger partial charge in [0.2, 0.25) is 5.91 Å². The average molecular weight is 450 g/mol. The van der Waals surface area contributed by atoms with E-state index < -0.39 is 0 Å². The first-order chi connectivity index (χ1) is 15.6. The standard InChI is InChI=1S/C25H27N3O3S/c1-19-26-21(18-32-19)17-31-22-10-7-20(8-11-22)9-12-25(29)28-15-13-27(14-16-28)23-5-3-4-6-24(23)30-2/h3-12,18H,13-17H2,1-2H3/b12-9+. The van der Waals surface area contributed by atoms with E-state index in [-0.39, 0.29) is 5.91 Å². The number of carbonyl (C=O) groups excluding carboxylic acids is 1. The monoisotopic (exact) mass is 449 g/mol. The first-order valence-corrected chi connectivity index (χ1v) is 11.5. The van der Waals surface area contributed by atoms with Gasteiger partial charge in [-0.25, -0.2) is 4.98 Å². The Morgan fingerprint density at radius 2 is 1.84 bits per heavy atom. The number of amides is 1. The van der Waals surface area contributed by atoms with Crippen molar-refractivity contribution in [3.63, 3.8) is 0 Å². The third-order valence-corrected chi connectivity index (χ3v) is 6.19. The molecule has 0 spiro atoms. The van der Waals surface area contributed by atoms with Crippen molar-refractivity contribution in [1.29, 1.82) is 0 Å². The second-order valence-electron chi connectivity index (χ2n) is 7.53. The Kier molecular flexibility index (Phi) is 7.07. The second-order valence-corrected chi connectivity index (χ2v) is 8.60. The molecule has 0 aliphatic carbocycles. The summed E-state index contributed by atoms with van der Waals surface area (Å²) in [5, 5.41) is 3.05. The van der Waals surface area contributed by atoms with Crippen molar-refractivity contribution in [3.8, 4) is 11.5 Å². The van der Waals surface area contributed by atoms with Crippen LogP contribution in [0.4, 0.5) is 5.69 Å². The Morgan fingerprint density at radius 1 is 1.09 bits per heavy atom. The van der Waals surface area contributed by atoms with Gasteiger partial charge in [-0.3, -0.25) is 4.79 Å². The van der Waals surface area contributed by atoms with Crippen LogP contribution in [0, 0.1) is 6.92 Å². The van der Waals surface area contributed by atoms with Crippen LogP contribution >= 0.6 is 11.3 Å². The number of methoxy groups -OCH3 is 1. The molecule has 1 aliphatic heterocycles. The minimum absolute atomic E-state index is 0.0314. The quantitative estimate of drug-likeness (QED) is 0.501. The molecule has 166 valence electrons. The molecule has 0 radical (unpaired) electrons. The molecule has 0 atom stereocenters. The van der Waals surface area contributed by atoms with Crippen LogP contribution in [0.15, 0.2) is 60.0 Å². The van der Waals surface area contributed by atoms with Crippen LogP contribution in [-0.4, -0.2) is 49.1 Å². The number of aromatic nitrogens is 1. The third kappa shape index (κ3) is 5.48. The number of nitrogens with zero attached hydrogens (tertiary/aromatic N) is 3. The maximum absolute atomic E-state index is 12.6. The molecule has 1 amide bonds. The molecule has 1 aliphatic rings. The van der Waals surface area contributed by atoms with Gasteiger partial charge in [-0.2, -0.15) is 0 Å². The Hall–Kier alpha value is -3.32. The fourth-order valence-corrected chi connectivity index (χ4v) is 4.24. The highest BCUT2D eigenvalue weighted by Gasteiger charge is 2.21. The first kappa shape index (κ1) is 21.9. The zero-order valence-electron chi connectivity index (χ0n) is 18.4. The van der Waals surface area contributed by atoms with Crippen molar-refractivity contribution in [2.45, 2.75) is 13.5 Å². The predicted octanol–water partition coefficient (Wildman–Crippen LogP) is 4.40. The van der Waals surface area contributed by atoms with E-state index in [0.717, 1.165) is 46.5 Å². The SMILES string of the molecule is COc1ccccc1N1CCN(C(=O)/C=C/c2ccc(OCc3csc(C)n3)cc2)CC1. The summed E-state index contributed by atoms with van der Waals surface area (Å²) in [4.78, 5) is 21.2. The molecule has 6 nitrogen and oxygen atoms in total. The van der Waals surface area contributed by atoms with Crippen LogP contribution in [0.2, 0.25) is 0 Å². The van der Waals surface area contributed by atoms with Gasteiger partial charge >= 0.3 is 0 Å². The number of piperazine rings is 1. The molecule has 4 rings (SSSR count). The molecular formula is C25H27N3O3S. The highest BCUT2D eigenvalue weighted by atomic mass is 32.1. The lowest BCUT2D eigenvalue weighted by atomic mass is 10.2. The van der Waals surface area contributed by atoms with Crippen LogP contribution < -0.4 is 14.4 Å². The summed E-state index contributed by atoms with van der Waals surface area (Å²) >= 11 is 1.62. The zero-order valence-corrected chi connectivity index (χ0v) is 19.2. The van der Waals surface area contributed by atoms with E-state index >= 15 is 0 Å². The van der Waals surface area contributed by atoms with Gasteiger partial charge in [-0.15, -0.1) is 11.3 Å². The molecule has 3 aromatic rings. The lowest BCUT2D eigenvalue weighted by Crippen LogP contribution is -2.48. The largest absolute Gasteiger partial charge is 0.495 e. The lowest BCUT2D eigenvalue weighted by molar-refractivity contribution is -0.126. The molecule has 2 heterocycles. The molecule has 1 fully saturated rings. The van der Waals surface area contributed by atoms with Crippen LogP contribution in [0.5, 0.6) is 11.5 Å². The van der Waals surface area contributed by atoms with Crippen molar-refractivity contribution < 1.29 is 14.3 Å². The summed E-state index contributed by atoms with van der Waals surface area (Å²) in [5.41, 5.74) is 2.97. The molecular weight excluding hydrogens is 422 g/mol. The maximum Gasteiger partial charge on any atom is 0.246 e. The number of rotatable bonds is 7. The fourth-order valence-electron chi connectivity index (χ4n) is 3.64. The Morgan fingerprint density at radius 3 is 2.53 bits per heavy atom. The molecule has 0 saturated carbocycles. The zero-order chi connectivity index (χ0) is 22.3. The van der Waals surface area contributed by atoms with E-state index in [1.54, 1.807) is 24.5 Å². The normalized spacial score (nSPS) is 14.1. The number of hydrogen-bond donors (Lipinski definition) is 0. The van der Waals surface area contributed by atoms with Gasteiger partial charge in [-0.05, 0) is 42.8 Å². The number of benzene rings is 2. The predicted molar refractivity (Wildman–Crippen MR) is 128 cm³/mol. The molecule has 2 aromatic carbocycles. The summed E-state index contributed by atoms with van der Waals surface area (Å²) in [7, 11) is 1.68. The van der Waals surface area contributed by atoms with E-state index in [0.29, 0.717) is 19.7 Å². The maximum atomic E-state index is 12.6. The number of aryl methyl sites for hydroxylation is 1. The van der Waals surface area contributed by atoms with Crippen LogP contribution in [0.3, 0.4) is 0 Å². The van der Waals surface area contributed by atoms with Gasteiger partial charge in [0.25, 0.3) is 0 Å². The average Bonchev–Trinajstić information content (AvgIpc) is 3.27. The van der Waals surface area contributed by atoms with Crippen molar-refractivity contribution in [3.05, 3.63) is 76.3 Å². The fraction of sp³-hybridized carbons (Fsp3) is 0.280. The molecule has 7 heteroatoms. The molecule has 0 bridgehead atoms. The van der Waals surface area contributed by atoms with E-state index in [9.17, 15) is 4.79 Å². The highest BCUT2D eigenvalue weighted by Crippen LogP contribution is 2.28. The molecule has 32 heavy (non-hydrogen) atoms. The first-order valence-electron chi connectivity index (χ1n) is 10.6. The number of hydrogen-bond acceptors (Lipinski definition) is 6. The van der Waals surface area contributed by atoms with Gasteiger partial charge < -0.3 is 19.3 Å². The van der Waals surface area contributed by atoms with E-state index in [1.807, 2.05) is 65.7 Å². The van der Waals surface area contributed by atoms with E-state index in [2.05, 4.69) is 16.0 Å². The number of para-hydroxylation sites is 2. The smallest absolute Gasteiger partial charge is 0.246 e. The number of thiazole rings is 1. The second kappa shape index (κ2) is 10.3. The lowest BCUT2D eigenvalue weighted by Gasteiger charge is -2.36. The van der Waals surface area contributed by atoms with Gasteiger partial charge in [0, 0.05) is 37.6 Å². The Balaban J connectivity index is 1.27. The molecule has 0 unspecified atom stereocenters. The molecule has 1 aromatic heterocycles. The molecule has 1 saturated heterocycles. The van der Waals surface area contributed by atoms with Crippen molar-refractivity contribution >= 4 is 29.0 Å². The summed E-state index contributed by atoms with van der Waals surface area (Å²) in [6.45, 7) is 5.37. The Labute approximate surface area is 192 Å². The van der Waals surface area contributed by atoms with Gasteiger partial charge in [0.05, 0.1) is 23.5 Å². The van der Waals surface area contributed by atoms with Crippen LogP contribution in [-0.2, 0) is 11.4 Å². The van der Waals surface area contributed by atoms with Crippen molar-refractivity contribution in [2.75, 3.05) is 38.2 Å². The third-order valence-electron chi connectivity index (χ3n) is 5.37. The summed E-state index contributed by atoms with van der Waals surface area (Å²) < 4.78 is 11.2. The number of carbonyl (C=O) groups is 1. The summed E-state index contributed by atoms with van der Waals surface area (Å²) in [5.74, 6) is 1.68. The summed E-state index contributed by atoms with van der Waals surface area (Å²) in [6, 6.07) is 15.7. The van der Waals surface area contributed by atoms with E-state index in [4.69, 9.17) is 9.47 Å². The minimum Gasteiger partial charge on any atom is -0.495 e. The van der Waals surface area contributed by atoms with Crippen LogP contribution in [0.1, 0.15) is 16.3 Å². The number of anilines is 1. The van der Waals surface area contributed by atoms with Gasteiger partial charge in [-0.1, -0.05) is 24.3 Å².